The van der Waals surface area contributed by atoms with Gasteiger partial charge in [-0.25, -0.2) is 26.1 Å². The Morgan fingerprint density at radius 3 is 2.35 bits per heavy atom. The largest absolute Gasteiger partial charge is 0.495 e. The minimum absolute atomic E-state index is 0.0854. The Labute approximate surface area is 240 Å². The third-order valence-electron chi connectivity index (χ3n) is 6.58. The van der Waals surface area contributed by atoms with Crippen LogP contribution in [0.3, 0.4) is 0 Å². The number of sulfone groups is 1. The fraction of sp³-hybridized carbons (Fsp3) is 0.385. The molecule has 3 aromatic rings. The van der Waals surface area contributed by atoms with Crippen LogP contribution in [0.15, 0.2) is 47.5 Å². The lowest BCUT2D eigenvalue weighted by Gasteiger charge is -2.18. The van der Waals surface area contributed by atoms with E-state index < -0.39 is 19.9 Å². The third kappa shape index (κ3) is 7.21. The molecule has 0 aliphatic carbocycles. The van der Waals surface area contributed by atoms with E-state index >= 15 is 0 Å². The van der Waals surface area contributed by atoms with Gasteiger partial charge in [-0.15, -0.1) is 0 Å². The molecule has 40 heavy (non-hydrogen) atoms. The van der Waals surface area contributed by atoms with Crippen molar-refractivity contribution in [3.8, 4) is 5.75 Å². The predicted molar refractivity (Wildman–Crippen MR) is 157 cm³/mol. The second-order valence-corrected chi connectivity index (χ2v) is 14.5. The number of methoxy groups -OCH3 is 1. The number of halogens is 1. The monoisotopic (exact) mass is 608 g/mol. The highest BCUT2D eigenvalue weighted by atomic mass is 35.5. The standard InChI is InChI=1S/C26H33ClN6O5S2/c1-32(2)40(36,37)24-8-6-5-7-21(24)29-25-20(27)17-28-26(31-25)30-22-15-18-9-11-33(13-14-39(4,34)35)12-10-19(18)16-23(22)38-3/h5-8,15-17H,9-14H2,1-4H3,(H2,28,29,30,31). The molecule has 0 atom stereocenters. The molecule has 11 nitrogen and oxygen atoms in total. The number of ether oxygens (including phenoxy) is 1. The van der Waals surface area contributed by atoms with Gasteiger partial charge in [-0.3, -0.25) is 0 Å². The molecule has 0 fully saturated rings. The highest BCUT2D eigenvalue weighted by Gasteiger charge is 2.22. The molecule has 2 heterocycles. The summed E-state index contributed by atoms with van der Waals surface area (Å²) in [4.78, 5) is 11.0. The minimum Gasteiger partial charge on any atom is -0.495 e. The molecule has 0 amide bonds. The van der Waals surface area contributed by atoms with Crippen LogP contribution in [0.5, 0.6) is 5.75 Å². The lowest BCUT2D eigenvalue weighted by atomic mass is 10.0. The first kappa shape index (κ1) is 30.0. The molecule has 0 saturated carbocycles. The first-order chi connectivity index (χ1) is 18.9. The normalized spacial score (nSPS) is 14.4. The van der Waals surface area contributed by atoms with Crippen molar-refractivity contribution in [1.29, 1.82) is 0 Å². The van der Waals surface area contributed by atoms with E-state index in [0.717, 1.165) is 41.4 Å². The van der Waals surface area contributed by atoms with Crippen LogP contribution in [0.4, 0.5) is 23.1 Å². The van der Waals surface area contributed by atoms with E-state index in [1.807, 2.05) is 12.1 Å². The first-order valence-electron chi connectivity index (χ1n) is 12.6. The summed E-state index contributed by atoms with van der Waals surface area (Å²) in [5.74, 6) is 1.21. The fourth-order valence-electron chi connectivity index (χ4n) is 4.34. The third-order valence-corrected chi connectivity index (χ3v) is 9.66. The van der Waals surface area contributed by atoms with E-state index in [1.54, 1.807) is 25.3 Å². The molecular weight excluding hydrogens is 576 g/mol. The summed E-state index contributed by atoms with van der Waals surface area (Å²) < 4.78 is 55.6. The van der Waals surface area contributed by atoms with Gasteiger partial charge >= 0.3 is 0 Å². The highest BCUT2D eigenvalue weighted by molar-refractivity contribution is 7.90. The topological polar surface area (TPSA) is 134 Å². The van der Waals surface area contributed by atoms with Gasteiger partial charge in [0.15, 0.2) is 5.82 Å². The smallest absolute Gasteiger partial charge is 0.244 e. The minimum atomic E-state index is -3.72. The van der Waals surface area contributed by atoms with E-state index in [9.17, 15) is 16.8 Å². The molecule has 1 aliphatic heterocycles. The Balaban J connectivity index is 1.58. The van der Waals surface area contributed by atoms with Crippen molar-refractivity contribution >= 4 is 54.6 Å². The van der Waals surface area contributed by atoms with Crippen molar-refractivity contribution < 1.29 is 21.6 Å². The average Bonchev–Trinajstić information content (AvgIpc) is 3.10. The van der Waals surface area contributed by atoms with Gasteiger partial charge in [0, 0.05) is 40.0 Å². The van der Waals surface area contributed by atoms with Gasteiger partial charge < -0.3 is 20.3 Å². The number of hydrogen-bond donors (Lipinski definition) is 2. The molecule has 2 aromatic carbocycles. The highest BCUT2D eigenvalue weighted by Crippen LogP contribution is 2.34. The van der Waals surface area contributed by atoms with Gasteiger partial charge in [-0.2, -0.15) is 4.98 Å². The predicted octanol–water partition coefficient (Wildman–Crippen LogP) is 3.32. The zero-order valence-corrected chi connectivity index (χ0v) is 25.2. The van der Waals surface area contributed by atoms with E-state index in [1.165, 1.54) is 32.6 Å². The van der Waals surface area contributed by atoms with Crippen molar-refractivity contribution in [2.45, 2.75) is 17.7 Å². The maximum Gasteiger partial charge on any atom is 0.244 e. The Morgan fingerprint density at radius 1 is 1.02 bits per heavy atom. The van der Waals surface area contributed by atoms with Crippen LogP contribution in [-0.2, 0) is 32.7 Å². The van der Waals surface area contributed by atoms with Gasteiger partial charge in [-0.1, -0.05) is 23.7 Å². The number of nitrogens with zero attached hydrogens (tertiary/aromatic N) is 4. The molecule has 1 aromatic heterocycles. The van der Waals surface area contributed by atoms with Crippen LogP contribution in [0.25, 0.3) is 0 Å². The summed E-state index contributed by atoms with van der Waals surface area (Å²) in [6.07, 6.45) is 4.21. The number of hydrogen-bond acceptors (Lipinski definition) is 10. The summed E-state index contributed by atoms with van der Waals surface area (Å²) in [6.45, 7) is 2.01. The molecule has 2 N–H and O–H groups in total. The van der Waals surface area contributed by atoms with Crippen LogP contribution in [0, 0.1) is 0 Å². The number of anilines is 4. The molecule has 0 saturated heterocycles. The first-order valence-corrected chi connectivity index (χ1v) is 16.4. The van der Waals surface area contributed by atoms with Crippen LogP contribution in [-0.4, -0.2) is 88.9 Å². The lowest BCUT2D eigenvalue weighted by molar-refractivity contribution is 0.304. The number of sulfonamides is 1. The molecule has 1 aliphatic rings. The maximum atomic E-state index is 12.8. The summed E-state index contributed by atoms with van der Waals surface area (Å²) in [6, 6.07) is 10.5. The molecule has 0 bridgehead atoms. The van der Waals surface area contributed by atoms with Crippen molar-refractivity contribution in [2.75, 3.05) is 63.5 Å². The van der Waals surface area contributed by atoms with Gasteiger partial charge in [0.25, 0.3) is 0 Å². The number of aromatic nitrogens is 2. The van der Waals surface area contributed by atoms with Crippen LogP contribution < -0.4 is 15.4 Å². The molecule has 14 heteroatoms. The molecular formula is C26H33ClN6O5S2. The molecule has 0 unspecified atom stereocenters. The second-order valence-electron chi connectivity index (χ2n) is 9.72. The zero-order chi connectivity index (χ0) is 29.1. The SMILES string of the molecule is COc1cc2c(cc1Nc1ncc(Cl)c(Nc3ccccc3S(=O)(=O)N(C)C)n1)CCN(CCS(C)(=O)=O)CC2. The van der Waals surface area contributed by atoms with Crippen molar-refractivity contribution in [1.82, 2.24) is 19.2 Å². The number of fused-ring (bicyclic) bond motifs is 1. The van der Waals surface area contributed by atoms with E-state index in [2.05, 4.69) is 25.5 Å². The zero-order valence-electron chi connectivity index (χ0n) is 22.8. The Hall–Kier alpha value is -2.97. The molecule has 216 valence electrons. The van der Waals surface area contributed by atoms with Crippen LogP contribution in [0.1, 0.15) is 11.1 Å². The van der Waals surface area contributed by atoms with Gasteiger partial charge in [0.1, 0.15) is 25.5 Å². The summed E-state index contributed by atoms with van der Waals surface area (Å²) >= 11 is 6.38. The van der Waals surface area contributed by atoms with E-state index in [-0.39, 0.29) is 27.4 Å². The van der Waals surface area contributed by atoms with Crippen LogP contribution >= 0.6 is 11.6 Å². The fourth-order valence-corrected chi connectivity index (χ4v) is 6.11. The molecule has 0 spiro atoms. The Bertz CT molecular complexity index is 1600. The molecule has 4 rings (SSSR count). The Morgan fingerprint density at radius 2 is 1.70 bits per heavy atom. The van der Waals surface area contributed by atoms with Crippen molar-refractivity contribution in [2.24, 2.45) is 0 Å². The van der Waals surface area contributed by atoms with E-state index in [0.29, 0.717) is 23.7 Å². The van der Waals surface area contributed by atoms with E-state index in [4.69, 9.17) is 16.3 Å². The average molecular weight is 609 g/mol. The van der Waals surface area contributed by atoms with Crippen molar-refractivity contribution in [3.05, 3.63) is 58.7 Å². The number of rotatable bonds is 10. The van der Waals surface area contributed by atoms with Gasteiger partial charge in [0.2, 0.25) is 16.0 Å². The summed E-state index contributed by atoms with van der Waals surface area (Å²) in [5, 5.41) is 6.45. The second kappa shape index (κ2) is 12.3. The quantitative estimate of drug-likeness (QED) is 0.353. The van der Waals surface area contributed by atoms with Gasteiger partial charge in [0.05, 0.1) is 30.4 Å². The number of nitrogens with one attached hydrogen (secondary N) is 2. The molecule has 0 radical (unpaired) electrons. The summed E-state index contributed by atoms with van der Waals surface area (Å²) in [5.41, 5.74) is 3.25. The Kier molecular flexibility index (Phi) is 9.20. The lowest BCUT2D eigenvalue weighted by Crippen LogP contribution is -2.31. The van der Waals surface area contributed by atoms with Gasteiger partial charge in [-0.05, 0) is 48.2 Å². The summed E-state index contributed by atoms with van der Waals surface area (Å²) in [7, 11) is -2.23. The van der Waals surface area contributed by atoms with Crippen LogP contribution in [0.2, 0.25) is 5.02 Å². The van der Waals surface area contributed by atoms with Crippen molar-refractivity contribution in [3.63, 3.8) is 0 Å². The number of para-hydroxylation sites is 1. The number of benzene rings is 2. The maximum absolute atomic E-state index is 12.8.